The quantitative estimate of drug-likeness (QED) is 0.776. The molecule has 0 saturated carbocycles. The fraction of sp³-hybridized carbons (Fsp3) is 0.467. The molecule has 0 aliphatic rings. The molecule has 20 heavy (non-hydrogen) atoms. The second kappa shape index (κ2) is 7.75. The molecule has 4 nitrogen and oxygen atoms in total. The lowest BCUT2D eigenvalue weighted by atomic mass is 10.0. The first-order valence-electron chi connectivity index (χ1n) is 6.74. The summed E-state index contributed by atoms with van der Waals surface area (Å²) in [5.74, 6) is -0.607. The van der Waals surface area contributed by atoms with Crippen LogP contribution in [0.15, 0.2) is 24.3 Å². The lowest BCUT2D eigenvalue weighted by molar-refractivity contribution is -0.122. The molecule has 110 valence electrons. The number of carbonyl (C=O) groups is 2. The van der Waals surface area contributed by atoms with Crippen molar-refractivity contribution in [2.75, 3.05) is 20.1 Å². The van der Waals surface area contributed by atoms with Gasteiger partial charge < -0.3 is 5.32 Å². The number of carbonyl (C=O) groups excluding carboxylic acids is 2. The number of likely N-dealkylation sites (N-methyl/N-ethyl adjacent to an activating group) is 1. The zero-order valence-corrected chi connectivity index (χ0v) is 12.1. The Morgan fingerprint density at radius 2 is 1.90 bits per heavy atom. The molecule has 5 heteroatoms. The fourth-order valence-electron chi connectivity index (χ4n) is 1.98. The van der Waals surface area contributed by atoms with Crippen molar-refractivity contribution in [1.82, 2.24) is 10.2 Å². The van der Waals surface area contributed by atoms with Crippen molar-refractivity contribution in [1.29, 1.82) is 0 Å². The van der Waals surface area contributed by atoms with Crippen LogP contribution in [0.1, 0.15) is 30.6 Å². The molecule has 1 aromatic carbocycles. The Morgan fingerprint density at radius 1 is 1.30 bits per heavy atom. The van der Waals surface area contributed by atoms with Crippen molar-refractivity contribution in [3.63, 3.8) is 0 Å². The Balaban J connectivity index is 2.82. The SMILES string of the molecule is CCCN(CC(=O)NC)C(C)C(=O)c1ccc(F)cc1. The van der Waals surface area contributed by atoms with Crippen LogP contribution in [0, 0.1) is 5.82 Å². The van der Waals surface area contributed by atoms with E-state index in [1.165, 1.54) is 24.3 Å². The van der Waals surface area contributed by atoms with E-state index < -0.39 is 6.04 Å². The second-order valence-corrected chi connectivity index (χ2v) is 4.69. The molecule has 0 spiro atoms. The highest BCUT2D eigenvalue weighted by Gasteiger charge is 2.23. The molecule has 0 radical (unpaired) electrons. The predicted molar refractivity (Wildman–Crippen MR) is 76.1 cm³/mol. The maximum Gasteiger partial charge on any atom is 0.233 e. The first-order chi connectivity index (χ1) is 9.49. The van der Waals surface area contributed by atoms with Crippen LogP contribution in [0.5, 0.6) is 0 Å². The molecule has 1 aromatic rings. The van der Waals surface area contributed by atoms with Gasteiger partial charge in [-0.3, -0.25) is 14.5 Å². The van der Waals surface area contributed by atoms with Gasteiger partial charge in [0.15, 0.2) is 5.78 Å². The number of Topliss-reactive ketones (excluding diaryl/α,β-unsaturated/α-hetero) is 1. The lowest BCUT2D eigenvalue weighted by Crippen LogP contribution is -2.45. The third-order valence-electron chi connectivity index (χ3n) is 3.19. The summed E-state index contributed by atoms with van der Waals surface area (Å²) in [6.45, 7) is 4.59. The van der Waals surface area contributed by atoms with Crippen LogP contribution in [0.2, 0.25) is 0 Å². The molecule has 0 aliphatic carbocycles. The highest BCUT2D eigenvalue weighted by Crippen LogP contribution is 2.11. The van der Waals surface area contributed by atoms with Crippen molar-refractivity contribution in [2.24, 2.45) is 0 Å². The Hall–Kier alpha value is -1.75. The van der Waals surface area contributed by atoms with Gasteiger partial charge in [-0.25, -0.2) is 4.39 Å². The maximum atomic E-state index is 12.9. The van der Waals surface area contributed by atoms with Gasteiger partial charge in [0.1, 0.15) is 5.82 Å². The Kier molecular flexibility index (Phi) is 6.31. The van der Waals surface area contributed by atoms with Gasteiger partial charge in [0.25, 0.3) is 0 Å². The first kappa shape index (κ1) is 16.3. The van der Waals surface area contributed by atoms with Gasteiger partial charge in [-0.05, 0) is 44.2 Å². The summed E-state index contributed by atoms with van der Waals surface area (Å²) in [6, 6.07) is 5.06. The molecule has 1 unspecified atom stereocenters. The summed E-state index contributed by atoms with van der Waals surface area (Å²) in [7, 11) is 1.57. The van der Waals surface area contributed by atoms with Gasteiger partial charge in [-0.1, -0.05) is 6.92 Å². The second-order valence-electron chi connectivity index (χ2n) is 4.69. The van der Waals surface area contributed by atoms with Crippen LogP contribution >= 0.6 is 0 Å². The van der Waals surface area contributed by atoms with Crippen LogP contribution in [0.25, 0.3) is 0 Å². The largest absolute Gasteiger partial charge is 0.358 e. The molecule has 0 aromatic heterocycles. The van der Waals surface area contributed by atoms with Gasteiger partial charge in [0, 0.05) is 12.6 Å². The first-order valence-corrected chi connectivity index (χ1v) is 6.74. The van der Waals surface area contributed by atoms with Crippen molar-refractivity contribution >= 4 is 11.7 Å². The topological polar surface area (TPSA) is 49.4 Å². The molecule has 1 N–H and O–H groups in total. The van der Waals surface area contributed by atoms with Gasteiger partial charge in [-0.2, -0.15) is 0 Å². The normalized spacial score (nSPS) is 12.2. The zero-order chi connectivity index (χ0) is 15.1. The molecule has 0 aliphatic heterocycles. The van der Waals surface area contributed by atoms with Crippen molar-refractivity contribution in [3.8, 4) is 0 Å². The Morgan fingerprint density at radius 3 is 2.40 bits per heavy atom. The number of amides is 1. The highest BCUT2D eigenvalue weighted by atomic mass is 19.1. The summed E-state index contributed by atoms with van der Waals surface area (Å²) in [5.41, 5.74) is 0.455. The molecule has 0 saturated heterocycles. The number of hydrogen-bond acceptors (Lipinski definition) is 3. The predicted octanol–water partition coefficient (Wildman–Crippen LogP) is 1.85. The highest BCUT2D eigenvalue weighted by molar-refractivity contribution is 6.00. The third kappa shape index (κ3) is 4.42. The average molecular weight is 280 g/mol. The number of hydrogen-bond donors (Lipinski definition) is 1. The molecule has 0 heterocycles. The van der Waals surface area contributed by atoms with Gasteiger partial charge in [-0.15, -0.1) is 0 Å². The number of halogens is 1. The van der Waals surface area contributed by atoms with E-state index in [1.54, 1.807) is 14.0 Å². The molecular weight excluding hydrogens is 259 g/mol. The summed E-state index contributed by atoms with van der Waals surface area (Å²) < 4.78 is 12.9. The van der Waals surface area contributed by atoms with Crippen LogP contribution in [-0.4, -0.2) is 42.8 Å². The van der Waals surface area contributed by atoms with Crippen molar-refractivity contribution in [3.05, 3.63) is 35.6 Å². The minimum Gasteiger partial charge on any atom is -0.358 e. The van der Waals surface area contributed by atoms with Crippen LogP contribution in [0.4, 0.5) is 4.39 Å². The molecule has 0 bridgehead atoms. The number of benzene rings is 1. The van der Waals surface area contributed by atoms with E-state index in [2.05, 4.69) is 5.32 Å². The molecule has 1 atom stereocenters. The van der Waals surface area contributed by atoms with Crippen LogP contribution < -0.4 is 5.32 Å². The molecule has 0 fully saturated rings. The van der Waals surface area contributed by atoms with Crippen molar-refractivity contribution in [2.45, 2.75) is 26.3 Å². The van der Waals surface area contributed by atoms with E-state index in [-0.39, 0.29) is 24.1 Å². The van der Waals surface area contributed by atoms with E-state index >= 15 is 0 Å². The fourth-order valence-corrected chi connectivity index (χ4v) is 1.98. The lowest BCUT2D eigenvalue weighted by Gasteiger charge is -2.26. The van der Waals surface area contributed by atoms with E-state index in [0.717, 1.165) is 6.42 Å². The monoisotopic (exact) mass is 280 g/mol. The van der Waals surface area contributed by atoms with E-state index in [1.807, 2.05) is 11.8 Å². The van der Waals surface area contributed by atoms with Gasteiger partial charge in [0.2, 0.25) is 5.91 Å². The van der Waals surface area contributed by atoms with Crippen molar-refractivity contribution < 1.29 is 14.0 Å². The molecule has 1 amide bonds. The van der Waals surface area contributed by atoms with E-state index in [9.17, 15) is 14.0 Å². The van der Waals surface area contributed by atoms with Gasteiger partial charge >= 0.3 is 0 Å². The summed E-state index contributed by atoms with van der Waals surface area (Å²) in [4.78, 5) is 25.7. The summed E-state index contributed by atoms with van der Waals surface area (Å²) >= 11 is 0. The molecule has 1 rings (SSSR count). The van der Waals surface area contributed by atoms with E-state index in [4.69, 9.17) is 0 Å². The summed E-state index contributed by atoms with van der Waals surface area (Å²) in [5, 5.41) is 2.55. The maximum absolute atomic E-state index is 12.9. The standard InChI is InChI=1S/C15H21FN2O2/c1-4-9-18(10-14(19)17-3)11(2)15(20)12-5-7-13(16)8-6-12/h5-8,11H,4,9-10H2,1-3H3,(H,17,19). The summed E-state index contributed by atoms with van der Waals surface area (Å²) in [6.07, 6.45) is 0.845. The minimum atomic E-state index is -0.419. The zero-order valence-electron chi connectivity index (χ0n) is 12.1. The minimum absolute atomic E-state index is 0.109. The number of rotatable bonds is 7. The Labute approximate surface area is 119 Å². The van der Waals surface area contributed by atoms with Gasteiger partial charge in [0.05, 0.1) is 12.6 Å². The average Bonchev–Trinajstić information content (AvgIpc) is 2.46. The third-order valence-corrected chi connectivity index (χ3v) is 3.19. The number of ketones is 1. The number of nitrogens with one attached hydrogen (secondary N) is 1. The Bertz CT molecular complexity index is 459. The number of nitrogens with zero attached hydrogens (tertiary/aromatic N) is 1. The molecular formula is C15H21FN2O2. The smallest absolute Gasteiger partial charge is 0.233 e. The van der Waals surface area contributed by atoms with Crippen LogP contribution in [0.3, 0.4) is 0 Å². The van der Waals surface area contributed by atoms with E-state index in [0.29, 0.717) is 12.1 Å². The van der Waals surface area contributed by atoms with Crippen LogP contribution in [-0.2, 0) is 4.79 Å².